The lowest BCUT2D eigenvalue weighted by Crippen LogP contribution is -2.49. The number of hydrogen-bond donors (Lipinski definition) is 3. The van der Waals surface area contributed by atoms with Crippen LogP contribution >= 0.6 is 0 Å². The number of nitrogens with zero attached hydrogens (tertiary/aromatic N) is 1. The number of allylic oxidation sites excluding steroid dienone is 1. The van der Waals surface area contributed by atoms with Gasteiger partial charge in [0.1, 0.15) is 0 Å². The van der Waals surface area contributed by atoms with E-state index >= 15 is 0 Å². The number of rotatable bonds is 3. The third-order valence-electron chi connectivity index (χ3n) is 5.70. The highest BCUT2D eigenvalue weighted by Gasteiger charge is 2.34. The minimum Gasteiger partial charge on any atom is -0.402 e. The van der Waals surface area contributed by atoms with Crippen LogP contribution in [0.2, 0.25) is 0 Å². The van der Waals surface area contributed by atoms with Crippen LogP contribution in [0.15, 0.2) is 47.3 Å². The molecule has 4 N–H and O–H groups in total. The van der Waals surface area contributed by atoms with Gasteiger partial charge in [0.2, 0.25) is 0 Å². The smallest absolute Gasteiger partial charge is 0.0662 e. The number of fused-ring (bicyclic) bond motifs is 1. The number of nitrogens with two attached hydrogens (primary N) is 1. The summed E-state index contributed by atoms with van der Waals surface area (Å²) in [7, 11) is 0. The Bertz CT molecular complexity index is 615. The minimum atomic E-state index is 0.271. The molecule has 0 spiro atoms. The van der Waals surface area contributed by atoms with Crippen molar-refractivity contribution in [1.82, 2.24) is 15.5 Å². The molecule has 25 heavy (non-hydrogen) atoms. The lowest BCUT2D eigenvalue weighted by atomic mass is 9.76. The van der Waals surface area contributed by atoms with Crippen LogP contribution in [-0.4, -0.2) is 55.9 Å². The largest absolute Gasteiger partial charge is 0.402 e. The molecule has 1 fully saturated rings. The fraction of sp³-hybridized carbons (Fsp3) is 0.600. The molecule has 5 nitrogen and oxygen atoms in total. The van der Waals surface area contributed by atoms with E-state index in [1.165, 1.54) is 11.1 Å². The van der Waals surface area contributed by atoms with Crippen LogP contribution in [-0.2, 0) is 4.74 Å². The first kappa shape index (κ1) is 16.9. The molecule has 0 bridgehead atoms. The molecule has 0 amide bonds. The second kappa shape index (κ2) is 7.36. The summed E-state index contributed by atoms with van der Waals surface area (Å²) < 4.78 is 5.43. The maximum absolute atomic E-state index is 6.13. The highest BCUT2D eigenvalue weighted by atomic mass is 16.5. The Morgan fingerprint density at radius 2 is 2.12 bits per heavy atom. The molecule has 4 atom stereocenters. The number of nitrogens with one attached hydrogen (secondary N) is 2. The van der Waals surface area contributed by atoms with Crippen molar-refractivity contribution in [1.29, 1.82) is 0 Å². The molecule has 0 aromatic rings. The standard InChI is InChI=1S/C20H30N4O/c1-14-10-17(18-11-16(21)3-5-20(18)23-14)19-4-2-15(12-22-19)13-24-6-8-25-9-7-24/h2,4,10-12,14,18-20,22-23H,3,5-9,13,21H2,1H3. The van der Waals surface area contributed by atoms with E-state index in [2.05, 4.69) is 53.0 Å². The van der Waals surface area contributed by atoms with E-state index in [1.807, 2.05) is 0 Å². The van der Waals surface area contributed by atoms with Gasteiger partial charge < -0.3 is 21.1 Å². The predicted octanol–water partition coefficient (Wildman–Crippen LogP) is 1.27. The average Bonchev–Trinajstić information content (AvgIpc) is 2.63. The molecule has 0 radical (unpaired) electrons. The Morgan fingerprint density at radius 1 is 1.28 bits per heavy atom. The van der Waals surface area contributed by atoms with Gasteiger partial charge >= 0.3 is 0 Å². The second-order valence-electron chi connectivity index (χ2n) is 7.65. The highest BCUT2D eigenvalue weighted by Crippen LogP contribution is 2.33. The summed E-state index contributed by atoms with van der Waals surface area (Å²) in [5.74, 6) is 0.404. The fourth-order valence-corrected chi connectivity index (χ4v) is 4.39. The zero-order valence-electron chi connectivity index (χ0n) is 15.1. The first-order valence-electron chi connectivity index (χ1n) is 9.56. The van der Waals surface area contributed by atoms with E-state index in [1.54, 1.807) is 0 Å². The van der Waals surface area contributed by atoms with Crippen LogP contribution in [0.25, 0.3) is 0 Å². The molecular weight excluding hydrogens is 312 g/mol. The van der Waals surface area contributed by atoms with Gasteiger partial charge in [0.05, 0.1) is 19.3 Å². The second-order valence-corrected chi connectivity index (χ2v) is 7.65. The molecule has 0 aromatic heterocycles. The van der Waals surface area contributed by atoms with Crippen LogP contribution in [0.5, 0.6) is 0 Å². The van der Waals surface area contributed by atoms with Crippen LogP contribution in [0.1, 0.15) is 19.8 Å². The third kappa shape index (κ3) is 3.84. The van der Waals surface area contributed by atoms with Crippen LogP contribution in [0.4, 0.5) is 0 Å². The van der Waals surface area contributed by atoms with Crippen molar-refractivity contribution >= 4 is 0 Å². The van der Waals surface area contributed by atoms with Crippen molar-refractivity contribution in [3.8, 4) is 0 Å². The summed E-state index contributed by atoms with van der Waals surface area (Å²) in [5, 5.41) is 7.33. The molecule has 5 heteroatoms. The molecule has 4 rings (SSSR count). The zero-order chi connectivity index (χ0) is 17.2. The highest BCUT2D eigenvalue weighted by molar-refractivity contribution is 5.37. The van der Waals surface area contributed by atoms with E-state index in [-0.39, 0.29) is 6.04 Å². The van der Waals surface area contributed by atoms with Gasteiger partial charge in [0, 0.05) is 49.5 Å². The number of hydrogen-bond acceptors (Lipinski definition) is 5. The van der Waals surface area contributed by atoms with E-state index < -0.39 is 0 Å². The maximum Gasteiger partial charge on any atom is 0.0662 e. The van der Waals surface area contributed by atoms with Crippen molar-refractivity contribution in [2.45, 2.75) is 37.9 Å². The lowest BCUT2D eigenvalue weighted by molar-refractivity contribution is 0.0425. The first-order valence-corrected chi connectivity index (χ1v) is 9.56. The summed E-state index contributed by atoms with van der Waals surface area (Å²) in [6.45, 7) is 6.98. The quantitative estimate of drug-likeness (QED) is 0.674. The van der Waals surface area contributed by atoms with Crippen molar-refractivity contribution in [3.63, 3.8) is 0 Å². The summed E-state index contributed by atoms with van der Waals surface area (Å²) in [6, 6.07) is 1.20. The number of morpholine rings is 1. The first-order chi connectivity index (χ1) is 12.2. The van der Waals surface area contributed by atoms with Gasteiger partial charge in [-0.25, -0.2) is 0 Å². The minimum absolute atomic E-state index is 0.271. The van der Waals surface area contributed by atoms with Gasteiger partial charge in [0.25, 0.3) is 0 Å². The topological polar surface area (TPSA) is 62.5 Å². The average molecular weight is 342 g/mol. The molecule has 0 saturated carbocycles. The molecule has 3 heterocycles. The SMILES string of the molecule is CC1C=C(C2C=CC(CN3CCOCC3)=CN2)C2C=C(N)CCC2N1. The van der Waals surface area contributed by atoms with Gasteiger partial charge in [0.15, 0.2) is 0 Å². The van der Waals surface area contributed by atoms with Crippen molar-refractivity contribution < 1.29 is 4.74 Å². The number of dihydropyridines is 1. The molecule has 136 valence electrons. The summed E-state index contributed by atoms with van der Waals surface area (Å²) in [4.78, 5) is 2.45. The Labute approximate surface area is 150 Å². The summed E-state index contributed by atoms with van der Waals surface area (Å²) in [5.41, 5.74) is 9.97. The van der Waals surface area contributed by atoms with E-state index in [0.717, 1.165) is 51.4 Å². The monoisotopic (exact) mass is 342 g/mol. The van der Waals surface area contributed by atoms with Gasteiger partial charge in [-0.15, -0.1) is 0 Å². The van der Waals surface area contributed by atoms with E-state index in [0.29, 0.717) is 18.0 Å². The third-order valence-corrected chi connectivity index (χ3v) is 5.70. The van der Waals surface area contributed by atoms with Crippen LogP contribution in [0.3, 0.4) is 0 Å². The van der Waals surface area contributed by atoms with E-state index in [9.17, 15) is 0 Å². The molecule has 1 saturated heterocycles. The van der Waals surface area contributed by atoms with Gasteiger partial charge in [-0.3, -0.25) is 4.90 Å². The summed E-state index contributed by atoms with van der Waals surface area (Å²) in [6.07, 6.45) is 13.6. The normalized spacial score (nSPS) is 36.0. The maximum atomic E-state index is 6.13. The van der Waals surface area contributed by atoms with Gasteiger partial charge in [-0.2, -0.15) is 0 Å². The molecule has 1 aliphatic carbocycles. The Balaban J connectivity index is 1.44. The Hall–Kier alpha value is -1.56. The van der Waals surface area contributed by atoms with Crippen molar-refractivity contribution in [3.05, 3.63) is 47.3 Å². The van der Waals surface area contributed by atoms with Crippen LogP contribution in [0, 0.1) is 5.92 Å². The molecule has 4 aliphatic rings. The molecule has 3 aliphatic heterocycles. The fourth-order valence-electron chi connectivity index (χ4n) is 4.39. The molecular formula is C20H30N4O. The zero-order valence-corrected chi connectivity index (χ0v) is 15.1. The molecule has 4 unspecified atom stereocenters. The van der Waals surface area contributed by atoms with Crippen molar-refractivity contribution in [2.24, 2.45) is 11.7 Å². The van der Waals surface area contributed by atoms with Crippen LogP contribution < -0.4 is 16.4 Å². The van der Waals surface area contributed by atoms with Gasteiger partial charge in [-0.05, 0) is 30.9 Å². The number of ether oxygens (including phenoxy) is 1. The Kier molecular flexibility index (Phi) is 4.97. The van der Waals surface area contributed by atoms with Crippen molar-refractivity contribution in [2.75, 3.05) is 32.8 Å². The lowest BCUT2D eigenvalue weighted by Gasteiger charge is -2.40. The summed E-state index contributed by atoms with van der Waals surface area (Å²) >= 11 is 0. The van der Waals surface area contributed by atoms with Gasteiger partial charge in [-0.1, -0.05) is 24.3 Å². The van der Waals surface area contributed by atoms with E-state index in [4.69, 9.17) is 10.5 Å². The Morgan fingerprint density at radius 3 is 2.88 bits per heavy atom. The molecule has 0 aromatic carbocycles. The predicted molar refractivity (Wildman–Crippen MR) is 101 cm³/mol.